The Kier molecular flexibility index (Phi) is 13.1. The molecule has 38 heavy (non-hydrogen) atoms. The van der Waals surface area contributed by atoms with Gasteiger partial charge in [-0.3, -0.25) is 4.98 Å². The van der Waals surface area contributed by atoms with Gasteiger partial charge in [-0.15, -0.1) is 0 Å². The molecule has 2 aromatic heterocycles. The number of nitrogens with one attached hydrogen (secondary N) is 1. The average molecular weight is 622 g/mol. The van der Waals surface area contributed by atoms with Crippen molar-refractivity contribution in [1.29, 1.82) is 0 Å². The van der Waals surface area contributed by atoms with Gasteiger partial charge < -0.3 is 0 Å². The standard InChI is InChI=1S/C20H18N3O2.3C4H9.Sn/c1-2-3-13-25-19-9-5-4-7-15(19)14-22-20(24)18-11-10-16-17(23-18)8-6-12-21-16;3*1-3-4-2;/h1-2,4-12H,3,13-14H2,(H,22,24);3*1,3-4H2,2H3;. The van der Waals surface area contributed by atoms with Crippen molar-refractivity contribution in [1.82, 2.24) is 15.3 Å². The summed E-state index contributed by atoms with van der Waals surface area (Å²) in [6.45, 7) is 8.01. The summed E-state index contributed by atoms with van der Waals surface area (Å²) in [5, 5.41) is 2.99. The van der Waals surface area contributed by atoms with E-state index in [9.17, 15) is 4.79 Å². The number of unbranched alkanes of at least 4 members (excludes halogenated alkanes) is 3. The molecule has 0 saturated carbocycles. The maximum absolute atomic E-state index is 12.8. The fourth-order valence-corrected chi connectivity index (χ4v) is 19.4. The zero-order valence-corrected chi connectivity index (χ0v) is 26.4. The predicted molar refractivity (Wildman–Crippen MR) is 161 cm³/mol. The van der Waals surface area contributed by atoms with Gasteiger partial charge in [0.05, 0.1) is 11.0 Å². The summed E-state index contributed by atoms with van der Waals surface area (Å²) in [5.41, 5.74) is 2.84. The van der Waals surface area contributed by atoms with E-state index >= 15 is 0 Å². The molecule has 6 heteroatoms. The van der Waals surface area contributed by atoms with Gasteiger partial charge in [0.15, 0.2) is 0 Å². The number of carbonyl (C=O) groups excluding carboxylic acids is 1. The Bertz CT molecular complexity index is 1140. The number of hydrogen-bond donors (Lipinski definition) is 1. The molecule has 204 valence electrons. The number of para-hydroxylation sites is 1. The summed E-state index contributed by atoms with van der Waals surface area (Å²) in [6, 6.07) is 15.2. The van der Waals surface area contributed by atoms with E-state index < -0.39 is 18.4 Å². The number of benzene rings is 1. The Labute approximate surface area is 233 Å². The molecule has 0 aliphatic heterocycles. The van der Waals surface area contributed by atoms with Crippen molar-refractivity contribution >= 4 is 35.3 Å². The van der Waals surface area contributed by atoms with Crippen LogP contribution in [0.15, 0.2) is 64.9 Å². The zero-order chi connectivity index (χ0) is 27.1. The third kappa shape index (κ3) is 9.40. The van der Waals surface area contributed by atoms with E-state index in [0.29, 0.717) is 24.4 Å². The number of nitrogens with zero attached hydrogens (tertiary/aromatic N) is 2. The molecule has 0 bridgehead atoms. The van der Waals surface area contributed by atoms with Crippen molar-refractivity contribution in [3.05, 3.63) is 76.2 Å². The molecular weight excluding hydrogens is 577 g/mol. The van der Waals surface area contributed by atoms with Crippen molar-refractivity contribution < 1.29 is 9.53 Å². The first-order valence-corrected chi connectivity index (χ1v) is 22.2. The first-order chi connectivity index (χ1) is 18.6. The predicted octanol–water partition coefficient (Wildman–Crippen LogP) is 8.27. The van der Waals surface area contributed by atoms with E-state index in [0.717, 1.165) is 23.3 Å². The Balaban J connectivity index is 1.56. The monoisotopic (exact) mass is 623 g/mol. The molecule has 0 saturated heterocycles. The van der Waals surface area contributed by atoms with Crippen LogP contribution in [0.1, 0.15) is 81.8 Å². The van der Waals surface area contributed by atoms with Crippen LogP contribution in [-0.4, -0.2) is 40.9 Å². The summed E-state index contributed by atoms with van der Waals surface area (Å²) in [4.78, 5) is 21.5. The minimum atomic E-state index is -2.24. The molecule has 0 aliphatic rings. The van der Waals surface area contributed by atoms with E-state index in [2.05, 4.69) is 46.2 Å². The molecule has 0 spiro atoms. The number of fused-ring (bicyclic) bond motifs is 1. The molecule has 2 heterocycles. The number of hydrogen-bond acceptors (Lipinski definition) is 4. The van der Waals surface area contributed by atoms with Gasteiger partial charge in [-0.25, -0.2) is 0 Å². The number of aromatic nitrogens is 2. The van der Waals surface area contributed by atoms with Crippen LogP contribution in [0.2, 0.25) is 13.3 Å². The van der Waals surface area contributed by atoms with Crippen LogP contribution in [0.25, 0.3) is 11.0 Å². The van der Waals surface area contributed by atoms with Gasteiger partial charge >= 0.3 is 194 Å². The van der Waals surface area contributed by atoms with Crippen molar-refractivity contribution in [3.63, 3.8) is 0 Å². The van der Waals surface area contributed by atoms with E-state index in [1.807, 2.05) is 42.5 Å². The third-order valence-corrected chi connectivity index (χ3v) is 21.4. The fraction of sp³-hybridized carbons (Fsp3) is 0.469. The molecule has 3 aromatic rings. The molecule has 3 rings (SSSR count). The maximum atomic E-state index is 12.8. The van der Waals surface area contributed by atoms with Gasteiger partial charge in [0, 0.05) is 6.20 Å². The van der Waals surface area contributed by atoms with Crippen LogP contribution < -0.4 is 10.1 Å². The molecule has 5 nitrogen and oxygen atoms in total. The summed E-state index contributed by atoms with van der Waals surface area (Å²) >= 11 is -2.24. The summed E-state index contributed by atoms with van der Waals surface area (Å²) in [6.07, 6.45) is 13.1. The number of pyridine rings is 2. The number of ether oxygens (including phenoxy) is 1. The molecule has 1 aromatic carbocycles. The van der Waals surface area contributed by atoms with Crippen molar-refractivity contribution in [2.75, 3.05) is 6.61 Å². The topological polar surface area (TPSA) is 64.1 Å². The van der Waals surface area contributed by atoms with E-state index in [1.165, 1.54) is 51.8 Å². The van der Waals surface area contributed by atoms with Crippen molar-refractivity contribution in [2.45, 2.75) is 85.6 Å². The van der Waals surface area contributed by atoms with Gasteiger partial charge in [0.1, 0.15) is 0 Å². The number of amides is 1. The SMILES string of the molecule is CCC[CH2][Sn]([CH]=CCCOc1ccccc1CNC(=O)c1ccc2ncccc2n1)([CH2]CCC)[CH2]CCC. The zero-order valence-electron chi connectivity index (χ0n) is 23.5. The van der Waals surface area contributed by atoms with Gasteiger partial charge in [-0.2, -0.15) is 0 Å². The van der Waals surface area contributed by atoms with E-state index in [1.54, 1.807) is 12.3 Å². The van der Waals surface area contributed by atoms with Crippen LogP contribution in [0.4, 0.5) is 0 Å². The van der Waals surface area contributed by atoms with Crippen LogP contribution in [0.3, 0.4) is 0 Å². The van der Waals surface area contributed by atoms with E-state index in [4.69, 9.17) is 4.74 Å². The fourth-order valence-electron chi connectivity index (χ4n) is 4.92. The van der Waals surface area contributed by atoms with Gasteiger partial charge in [-0.05, 0) is 18.2 Å². The van der Waals surface area contributed by atoms with Gasteiger partial charge in [0.25, 0.3) is 0 Å². The Morgan fingerprint density at radius 1 is 0.895 bits per heavy atom. The normalized spacial score (nSPS) is 11.8. The van der Waals surface area contributed by atoms with Crippen LogP contribution in [-0.2, 0) is 6.54 Å². The molecule has 0 radical (unpaired) electrons. The molecule has 0 aliphatic carbocycles. The second-order valence-corrected chi connectivity index (χ2v) is 23.3. The average Bonchev–Trinajstić information content (AvgIpc) is 2.96. The molecular formula is C32H45N3O2Sn. The van der Waals surface area contributed by atoms with Crippen LogP contribution >= 0.6 is 0 Å². The van der Waals surface area contributed by atoms with Crippen molar-refractivity contribution in [2.24, 2.45) is 0 Å². The number of rotatable bonds is 17. The molecule has 0 unspecified atom stereocenters. The molecule has 0 fully saturated rings. The molecule has 1 amide bonds. The summed E-state index contributed by atoms with van der Waals surface area (Å²) in [5.74, 6) is 0.623. The van der Waals surface area contributed by atoms with Gasteiger partial charge in [0.2, 0.25) is 0 Å². The molecule has 1 N–H and O–H groups in total. The Morgan fingerprint density at radius 2 is 1.61 bits per heavy atom. The van der Waals surface area contributed by atoms with Crippen LogP contribution in [0.5, 0.6) is 5.75 Å². The third-order valence-electron chi connectivity index (χ3n) is 7.20. The second kappa shape index (κ2) is 16.5. The molecule has 0 atom stereocenters. The van der Waals surface area contributed by atoms with Crippen LogP contribution in [0, 0.1) is 0 Å². The first kappa shape index (κ1) is 30.1. The summed E-state index contributed by atoms with van der Waals surface area (Å²) in [7, 11) is 0. The second-order valence-electron chi connectivity index (χ2n) is 10.2. The Morgan fingerprint density at radius 3 is 2.32 bits per heavy atom. The van der Waals surface area contributed by atoms with E-state index in [-0.39, 0.29) is 5.91 Å². The van der Waals surface area contributed by atoms with Gasteiger partial charge in [-0.1, -0.05) is 0 Å². The minimum absolute atomic E-state index is 0.205. The van der Waals surface area contributed by atoms with Crippen molar-refractivity contribution in [3.8, 4) is 5.75 Å². The quantitative estimate of drug-likeness (QED) is 0.122. The first-order valence-electron chi connectivity index (χ1n) is 14.5. The summed E-state index contributed by atoms with van der Waals surface area (Å²) < 4.78 is 13.4. The number of carbonyl (C=O) groups is 1. The Hall–Kier alpha value is -2.41.